The van der Waals surface area contributed by atoms with Crippen LogP contribution in [0, 0.1) is 11.3 Å². The van der Waals surface area contributed by atoms with Gasteiger partial charge in [0.05, 0.1) is 5.41 Å². The van der Waals surface area contributed by atoms with Gasteiger partial charge in [-0.2, -0.15) is 0 Å². The maximum absolute atomic E-state index is 12.4. The van der Waals surface area contributed by atoms with Crippen LogP contribution in [0.15, 0.2) is 0 Å². The van der Waals surface area contributed by atoms with Crippen LogP contribution in [-0.4, -0.2) is 41.1 Å². The number of carboxylic acids is 1. The molecule has 1 aliphatic heterocycles. The molecule has 1 heterocycles. The van der Waals surface area contributed by atoms with Gasteiger partial charge in [0.15, 0.2) is 0 Å². The molecule has 0 aromatic heterocycles. The molecule has 5 nitrogen and oxygen atoms in total. The third-order valence-electron chi connectivity index (χ3n) is 5.39. The molecule has 20 heavy (non-hydrogen) atoms. The maximum Gasteiger partial charge on any atom is 0.317 e. The number of amides is 2. The molecule has 0 aromatic carbocycles. The summed E-state index contributed by atoms with van der Waals surface area (Å²) in [6.07, 6.45) is 8.56. The second kappa shape index (κ2) is 5.26. The van der Waals surface area contributed by atoms with Crippen molar-refractivity contribution >= 4 is 12.0 Å². The second-order valence-corrected chi connectivity index (χ2v) is 6.69. The van der Waals surface area contributed by atoms with Gasteiger partial charge in [0, 0.05) is 19.1 Å². The lowest BCUT2D eigenvalue weighted by Gasteiger charge is -2.44. The lowest BCUT2D eigenvalue weighted by molar-refractivity contribution is -0.143. The van der Waals surface area contributed by atoms with E-state index in [1.807, 2.05) is 4.90 Å². The van der Waals surface area contributed by atoms with E-state index in [1.165, 1.54) is 25.7 Å². The van der Waals surface area contributed by atoms with Crippen LogP contribution in [0.4, 0.5) is 4.79 Å². The number of rotatable bonds is 3. The Kier molecular flexibility index (Phi) is 3.61. The van der Waals surface area contributed by atoms with Crippen LogP contribution in [0.2, 0.25) is 0 Å². The zero-order valence-corrected chi connectivity index (χ0v) is 11.9. The first-order valence-corrected chi connectivity index (χ1v) is 7.90. The number of nitrogens with zero attached hydrogens (tertiary/aromatic N) is 1. The van der Waals surface area contributed by atoms with Gasteiger partial charge in [-0.3, -0.25) is 4.79 Å². The fourth-order valence-electron chi connectivity index (χ4n) is 3.84. The summed E-state index contributed by atoms with van der Waals surface area (Å²) in [6, 6.07) is 0.339. The Morgan fingerprint density at radius 1 is 1.15 bits per heavy atom. The molecular weight excluding hydrogens is 256 g/mol. The first-order valence-electron chi connectivity index (χ1n) is 7.90. The van der Waals surface area contributed by atoms with Crippen molar-refractivity contribution in [2.75, 3.05) is 13.1 Å². The molecule has 0 unspecified atom stereocenters. The zero-order chi connectivity index (χ0) is 14.2. The van der Waals surface area contributed by atoms with Crippen LogP contribution in [0.1, 0.15) is 51.4 Å². The smallest absolute Gasteiger partial charge is 0.317 e. The SMILES string of the molecule is O=C(NCC1(C(=O)O)CC1)N1CCC[C@H]2CCCC[C@H]21. The van der Waals surface area contributed by atoms with E-state index in [1.54, 1.807) is 0 Å². The van der Waals surface area contributed by atoms with Crippen molar-refractivity contribution in [3.63, 3.8) is 0 Å². The highest BCUT2D eigenvalue weighted by Gasteiger charge is 2.50. The highest BCUT2D eigenvalue weighted by atomic mass is 16.4. The number of carbonyl (C=O) groups is 2. The van der Waals surface area contributed by atoms with Crippen LogP contribution in [0.3, 0.4) is 0 Å². The van der Waals surface area contributed by atoms with Gasteiger partial charge < -0.3 is 15.3 Å². The molecule has 112 valence electrons. The quantitative estimate of drug-likeness (QED) is 0.832. The zero-order valence-electron chi connectivity index (χ0n) is 11.9. The van der Waals surface area contributed by atoms with Crippen LogP contribution >= 0.6 is 0 Å². The molecule has 3 fully saturated rings. The molecule has 1 saturated heterocycles. The number of piperidine rings is 1. The largest absolute Gasteiger partial charge is 0.481 e. The minimum Gasteiger partial charge on any atom is -0.481 e. The molecule has 2 N–H and O–H groups in total. The van der Waals surface area contributed by atoms with E-state index < -0.39 is 11.4 Å². The van der Waals surface area contributed by atoms with Gasteiger partial charge in [0.2, 0.25) is 0 Å². The number of likely N-dealkylation sites (tertiary alicyclic amines) is 1. The van der Waals surface area contributed by atoms with Gasteiger partial charge in [-0.1, -0.05) is 12.8 Å². The van der Waals surface area contributed by atoms with Crippen LogP contribution in [0.25, 0.3) is 0 Å². The van der Waals surface area contributed by atoms with E-state index in [0.29, 0.717) is 24.8 Å². The summed E-state index contributed by atoms with van der Waals surface area (Å²) in [5.41, 5.74) is -0.669. The number of hydrogen-bond donors (Lipinski definition) is 2. The molecule has 0 bridgehead atoms. The minimum atomic E-state index is -0.771. The average Bonchev–Trinajstić information content (AvgIpc) is 3.25. The topological polar surface area (TPSA) is 69.6 Å². The fraction of sp³-hybridized carbons (Fsp3) is 0.867. The van der Waals surface area contributed by atoms with Crippen molar-refractivity contribution < 1.29 is 14.7 Å². The summed E-state index contributed by atoms with van der Waals surface area (Å²) in [6.45, 7) is 1.11. The Hall–Kier alpha value is -1.26. The molecule has 3 aliphatic rings. The molecule has 0 spiro atoms. The highest BCUT2D eigenvalue weighted by Crippen LogP contribution is 2.45. The van der Waals surface area contributed by atoms with E-state index in [2.05, 4.69) is 5.32 Å². The minimum absolute atomic E-state index is 0.0471. The lowest BCUT2D eigenvalue weighted by Crippen LogP contribution is -2.54. The first-order chi connectivity index (χ1) is 9.62. The number of carbonyl (C=O) groups excluding carboxylic acids is 1. The van der Waals surface area contributed by atoms with Crippen molar-refractivity contribution in [1.82, 2.24) is 10.2 Å². The van der Waals surface area contributed by atoms with Crippen molar-refractivity contribution in [1.29, 1.82) is 0 Å². The summed E-state index contributed by atoms with van der Waals surface area (Å²) in [7, 11) is 0. The number of fused-ring (bicyclic) bond motifs is 1. The number of hydrogen-bond acceptors (Lipinski definition) is 2. The van der Waals surface area contributed by atoms with Gasteiger partial charge in [-0.25, -0.2) is 4.79 Å². The van der Waals surface area contributed by atoms with E-state index in [4.69, 9.17) is 5.11 Å². The highest BCUT2D eigenvalue weighted by molar-refractivity contribution is 5.80. The molecule has 3 rings (SSSR count). The van der Waals surface area contributed by atoms with E-state index in [0.717, 1.165) is 19.4 Å². The Morgan fingerprint density at radius 2 is 1.85 bits per heavy atom. The summed E-state index contributed by atoms with van der Waals surface area (Å²) in [5, 5.41) is 12.0. The van der Waals surface area contributed by atoms with Gasteiger partial charge in [-0.05, 0) is 44.4 Å². The summed E-state index contributed by atoms with van der Waals surface area (Å²) in [5.74, 6) is -0.107. The second-order valence-electron chi connectivity index (χ2n) is 6.69. The summed E-state index contributed by atoms with van der Waals surface area (Å²) >= 11 is 0. The van der Waals surface area contributed by atoms with Crippen LogP contribution in [0.5, 0.6) is 0 Å². The Labute approximate surface area is 119 Å². The van der Waals surface area contributed by atoms with E-state index >= 15 is 0 Å². The van der Waals surface area contributed by atoms with Crippen molar-refractivity contribution in [3.8, 4) is 0 Å². The number of nitrogens with one attached hydrogen (secondary N) is 1. The van der Waals surface area contributed by atoms with Gasteiger partial charge in [0.1, 0.15) is 0 Å². The number of carboxylic acid groups (broad SMARTS) is 1. The van der Waals surface area contributed by atoms with Gasteiger partial charge in [-0.15, -0.1) is 0 Å². The average molecular weight is 280 g/mol. The number of urea groups is 1. The molecule has 2 aliphatic carbocycles. The van der Waals surface area contributed by atoms with Crippen molar-refractivity contribution in [3.05, 3.63) is 0 Å². The van der Waals surface area contributed by atoms with Gasteiger partial charge >= 0.3 is 12.0 Å². The third kappa shape index (κ3) is 2.50. The Balaban J connectivity index is 1.57. The Bertz CT molecular complexity index is 404. The molecule has 2 atom stereocenters. The lowest BCUT2D eigenvalue weighted by atomic mass is 9.78. The van der Waals surface area contributed by atoms with Crippen LogP contribution < -0.4 is 5.32 Å². The number of aliphatic carboxylic acids is 1. The summed E-state index contributed by atoms with van der Waals surface area (Å²) in [4.78, 5) is 25.5. The normalized spacial score (nSPS) is 31.3. The third-order valence-corrected chi connectivity index (χ3v) is 5.39. The first kappa shape index (κ1) is 13.7. The molecule has 5 heteroatoms. The van der Waals surface area contributed by atoms with Gasteiger partial charge in [0.25, 0.3) is 0 Å². The maximum atomic E-state index is 12.4. The fourth-order valence-corrected chi connectivity index (χ4v) is 3.84. The molecule has 0 radical (unpaired) electrons. The predicted molar refractivity (Wildman–Crippen MR) is 74.4 cm³/mol. The molecule has 0 aromatic rings. The molecular formula is C15H24N2O3. The van der Waals surface area contributed by atoms with Crippen LogP contribution in [-0.2, 0) is 4.79 Å². The Morgan fingerprint density at radius 3 is 2.55 bits per heavy atom. The molecule has 2 amide bonds. The summed E-state index contributed by atoms with van der Waals surface area (Å²) < 4.78 is 0. The predicted octanol–water partition coefficient (Wildman–Crippen LogP) is 2.22. The van der Waals surface area contributed by atoms with Crippen molar-refractivity contribution in [2.45, 2.75) is 57.4 Å². The molecule has 2 saturated carbocycles. The van der Waals surface area contributed by atoms with E-state index in [9.17, 15) is 9.59 Å². The van der Waals surface area contributed by atoms with Crippen molar-refractivity contribution in [2.24, 2.45) is 11.3 Å². The standard InChI is InChI=1S/C15H24N2O3/c18-13(19)15(7-8-15)10-16-14(20)17-9-3-5-11-4-1-2-6-12(11)17/h11-12H,1-10H2,(H,16,20)(H,18,19)/t11-,12-/m1/s1. The monoisotopic (exact) mass is 280 g/mol. The van der Waals surface area contributed by atoms with E-state index in [-0.39, 0.29) is 12.6 Å².